The third kappa shape index (κ3) is 5.24. The van der Waals surface area contributed by atoms with E-state index in [4.69, 9.17) is 4.74 Å². The molecular weight excluding hydrogens is 248 g/mol. The van der Waals surface area contributed by atoms with E-state index in [9.17, 15) is 0 Å². The topological polar surface area (TPSA) is 33.6 Å². The van der Waals surface area contributed by atoms with Crippen molar-refractivity contribution in [3.63, 3.8) is 0 Å². The normalized spacial score (nSPS) is 16.9. The van der Waals surface area contributed by atoms with Crippen molar-refractivity contribution in [3.05, 3.63) is 35.9 Å². The smallest absolute Gasteiger partial charge is 0.284 e. The highest BCUT2D eigenvalue weighted by atomic mass is 16.5. The number of benzene rings is 1. The van der Waals surface area contributed by atoms with Crippen molar-refractivity contribution < 1.29 is 4.74 Å². The molecule has 1 aliphatic carbocycles. The molecular formula is C17H26N2O. The van der Waals surface area contributed by atoms with Crippen LogP contribution in [0, 0.1) is 0 Å². The number of nitrogens with one attached hydrogen (secondary N) is 1. The Morgan fingerprint density at radius 3 is 2.65 bits per heavy atom. The monoisotopic (exact) mass is 274 g/mol. The lowest BCUT2D eigenvalue weighted by Gasteiger charge is -2.24. The summed E-state index contributed by atoms with van der Waals surface area (Å²) in [7, 11) is 1.79. The molecule has 110 valence electrons. The average molecular weight is 274 g/mol. The van der Waals surface area contributed by atoms with Gasteiger partial charge in [-0.3, -0.25) is 0 Å². The van der Waals surface area contributed by atoms with Crippen molar-refractivity contribution >= 4 is 6.02 Å². The van der Waals surface area contributed by atoms with E-state index in [0.717, 1.165) is 19.4 Å². The average Bonchev–Trinajstić information content (AvgIpc) is 2.52. The van der Waals surface area contributed by atoms with Crippen LogP contribution in [0.5, 0.6) is 0 Å². The predicted octanol–water partition coefficient (Wildman–Crippen LogP) is 3.54. The molecule has 0 spiro atoms. The van der Waals surface area contributed by atoms with Gasteiger partial charge in [-0.05, 0) is 31.2 Å². The standard InChI is InChI=1S/C17H26N2O/c1-18-17(19-16-12-6-3-7-13-16)20-14-8-11-15-9-4-2-5-10-15/h2,4-5,9-10,16H,3,6-8,11-14H2,1H3,(H,18,19). The summed E-state index contributed by atoms with van der Waals surface area (Å²) >= 11 is 0. The Kier molecular flexibility index (Phi) is 6.42. The van der Waals surface area contributed by atoms with Crippen LogP contribution in [-0.2, 0) is 11.2 Å². The Bertz CT molecular complexity index is 397. The molecule has 0 heterocycles. The Morgan fingerprint density at radius 1 is 1.20 bits per heavy atom. The van der Waals surface area contributed by atoms with Gasteiger partial charge in [-0.15, -0.1) is 0 Å². The third-order valence-corrected chi connectivity index (χ3v) is 3.83. The molecule has 0 unspecified atom stereocenters. The minimum absolute atomic E-state index is 0.552. The molecule has 0 amide bonds. The molecule has 1 saturated carbocycles. The van der Waals surface area contributed by atoms with Gasteiger partial charge in [0.2, 0.25) is 0 Å². The van der Waals surface area contributed by atoms with Gasteiger partial charge in [0.1, 0.15) is 0 Å². The molecule has 0 bridgehead atoms. The van der Waals surface area contributed by atoms with Gasteiger partial charge in [0.05, 0.1) is 6.61 Å². The molecule has 0 atom stereocenters. The van der Waals surface area contributed by atoms with Crippen LogP contribution < -0.4 is 5.32 Å². The van der Waals surface area contributed by atoms with Crippen molar-refractivity contribution in [3.8, 4) is 0 Å². The highest BCUT2D eigenvalue weighted by molar-refractivity contribution is 5.73. The van der Waals surface area contributed by atoms with Crippen LogP contribution in [0.1, 0.15) is 44.1 Å². The maximum Gasteiger partial charge on any atom is 0.284 e. The Balaban J connectivity index is 1.63. The summed E-state index contributed by atoms with van der Waals surface area (Å²) in [6.07, 6.45) is 8.58. The molecule has 0 aliphatic heterocycles. The summed E-state index contributed by atoms with van der Waals surface area (Å²) in [6, 6.07) is 11.8. The van der Waals surface area contributed by atoms with Gasteiger partial charge in [-0.25, -0.2) is 4.99 Å². The molecule has 3 heteroatoms. The zero-order valence-corrected chi connectivity index (χ0v) is 12.5. The molecule has 1 aromatic carbocycles. The Labute approximate surface area is 122 Å². The quantitative estimate of drug-likeness (QED) is 0.506. The Hall–Kier alpha value is -1.51. The maximum absolute atomic E-state index is 5.75. The van der Waals surface area contributed by atoms with Crippen molar-refractivity contribution in [1.82, 2.24) is 5.32 Å². The first kappa shape index (κ1) is 14.9. The number of aryl methyl sites for hydroxylation is 1. The van der Waals surface area contributed by atoms with Crippen LogP contribution in [-0.4, -0.2) is 25.7 Å². The van der Waals surface area contributed by atoms with Gasteiger partial charge in [0, 0.05) is 13.1 Å². The fourth-order valence-corrected chi connectivity index (χ4v) is 2.68. The van der Waals surface area contributed by atoms with E-state index in [1.54, 1.807) is 7.05 Å². The van der Waals surface area contributed by atoms with Crippen LogP contribution >= 0.6 is 0 Å². The summed E-state index contributed by atoms with van der Waals surface area (Å²) in [5, 5.41) is 3.43. The summed E-state index contributed by atoms with van der Waals surface area (Å²) in [5.41, 5.74) is 1.37. The largest absolute Gasteiger partial charge is 0.465 e. The summed E-state index contributed by atoms with van der Waals surface area (Å²) < 4.78 is 5.75. The fourth-order valence-electron chi connectivity index (χ4n) is 2.68. The SMILES string of the molecule is CN=C(NC1CCCCC1)OCCCc1ccccc1. The molecule has 1 aromatic rings. The molecule has 1 aliphatic rings. The highest BCUT2D eigenvalue weighted by Gasteiger charge is 2.14. The van der Waals surface area contributed by atoms with Crippen molar-refractivity contribution in [2.24, 2.45) is 4.99 Å². The second-order valence-corrected chi connectivity index (χ2v) is 5.45. The van der Waals surface area contributed by atoms with Crippen LogP contribution in [0.25, 0.3) is 0 Å². The number of aliphatic imine (C=N–C) groups is 1. The van der Waals surface area contributed by atoms with Crippen molar-refractivity contribution in [2.45, 2.75) is 51.0 Å². The van der Waals surface area contributed by atoms with Crippen molar-refractivity contribution in [1.29, 1.82) is 0 Å². The van der Waals surface area contributed by atoms with E-state index in [-0.39, 0.29) is 0 Å². The third-order valence-electron chi connectivity index (χ3n) is 3.83. The van der Waals surface area contributed by atoms with E-state index in [0.29, 0.717) is 12.1 Å². The van der Waals surface area contributed by atoms with Crippen LogP contribution in [0.2, 0.25) is 0 Å². The summed E-state index contributed by atoms with van der Waals surface area (Å²) in [4.78, 5) is 4.21. The molecule has 2 rings (SSSR count). The molecule has 0 aromatic heterocycles. The minimum atomic E-state index is 0.552. The molecule has 1 N–H and O–H groups in total. The van der Waals surface area contributed by atoms with Crippen LogP contribution in [0.3, 0.4) is 0 Å². The molecule has 1 fully saturated rings. The molecule has 3 nitrogen and oxygen atoms in total. The number of rotatable bonds is 5. The first-order chi connectivity index (χ1) is 9.88. The first-order valence-corrected chi connectivity index (χ1v) is 7.78. The Morgan fingerprint density at radius 2 is 1.95 bits per heavy atom. The van der Waals surface area contributed by atoms with Gasteiger partial charge in [0.15, 0.2) is 0 Å². The lowest BCUT2D eigenvalue weighted by molar-refractivity contribution is 0.269. The zero-order chi connectivity index (χ0) is 14.0. The zero-order valence-electron chi connectivity index (χ0n) is 12.5. The lowest BCUT2D eigenvalue weighted by atomic mass is 9.96. The maximum atomic E-state index is 5.75. The number of amidine groups is 1. The van der Waals surface area contributed by atoms with Gasteiger partial charge >= 0.3 is 0 Å². The molecule has 0 radical (unpaired) electrons. The second kappa shape index (κ2) is 8.62. The lowest BCUT2D eigenvalue weighted by Crippen LogP contribution is -2.37. The van der Waals surface area contributed by atoms with Gasteiger partial charge in [-0.2, -0.15) is 0 Å². The first-order valence-electron chi connectivity index (χ1n) is 7.78. The predicted molar refractivity (Wildman–Crippen MR) is 84.1 cm³/mol. The van der Waals surface area contributed by atoms with Gasteiger partial charge in [-0.1, -0.05) is 49.6 Å². The number of hydrogen-bond acceptors (Lipinski definition) is 2. The van der Waals surface area contributed by atoms with E-state index in [1.165, 1.54) is 37.7 Å². The van der Waals surface area contributed by atoms with E-state index in [1.807, 2.05) is 0 Å². The van der Waals surface area contributed by atoms with Crippen LogP contribution in [0.4, 0.5) is 0 Å². The molecule has 0 saturated heterocycles. The second-order valence-electron chi connectivity index (χ2n) is 5.45. The van der Waals surface area contributed by atoms with Gasteiger partial charge in [0.25, 0.3) is 6.02 Å². The van der Waals surface area contributed by atoms with E-state index >= 15 is 0 Å². The summed E-state index contributed by atoms with van der Waals surface area (Å²) in [5.74, 6) is 0. The molecule has 20 heavy (non-hydrogen) atoms. The fraction of sp³-hybridized carbons (Fsp3) is 0.588. The minimum Gasteiger partial charge on any atom is -0.465 e. The summed E-state index contributed by atoms with van der Waals surface area (Å²) in [6.45, 7) is 0.723. The van der Waals surface area contributed by atoms with Gasteiger partial charge < -0.3 is 10.1 Å². The van der Waals surface area contributed by atoms with E-state index < -0.39 is 0 Å². The van der Waals surface area contributed by atoms with E-state index in [2.05, 4.69) is 40.6 Å². The number of nitrogens with zero attached hydrogens (tertiary/aromatic N) is 1. The van der Waals surface area contributed by atoms with Crippen LogP contribution in [0.15, 0.2) is 35.3 Å². The number of ether oxygens (including phenoxy) is 1. The van der Waals surface area contributed by atoms with Crippen molar-refractivity contribution in [2.75, 3.05) is 13.7 Å². The highest BCUT2D eigenvalue weighted by Crippen LogP contribution is 2.17. The number of hydrogen-bond donors (Lipinski definition) is 1.